The lowest BCUT2D eigenvalue weighted by Gasteiger charge is -2.50. The van der Waals surface area contributed by atoms with Crippen LogP contribution < -0.4 is 4.74 Å². The van der Waals surface area contributed by atoms with Gasteiger partial charge in [-0.3, -0.25) is 0 Å². The summed E-state index contributed by atoms with van der Waals surface area (Å²) in [6.07, 6.45) is 9.58. The number of methoxy groups -OCH3 is 1. The molecule has 3 unspecified atom stereocenters. The summed E-state index contributed by atoms with van der Waals surface area (Å²) < 4.78 is 11.4. The van der Waals surface area contributed by atoms with Gasteiger partial charge in [-0.2, -0.15) is 0 Å². The first-order chi connectivity index (χ1) is 14.1. The molecule has 0 radical (unpaired) electrons. The smallest absolute Gasteiger partial charge is 0.343 e. The minimum atomic E-state index is -0.297. The Hall–Kier alpha value is -2.39. The van der Waals surface area contributed by atoms with Gasteiger partial charge in [-0.05, 0) is 78.8 Å². The quantitative estimate of drug-likeness (QED) is 0.393. The second-order valence-electron chi connectivity index (χ2n) is 9.04. The number of esters is 1. The molecule has 0 aliphatic heterocycles. The second kappa shape index (κ2) is 7.14. The number of hydrogen-bond acceptors (Lipinski definition) is 3. The van der Waals surface area contributed by atoms with Gasteiger partial charge in [-0.25, -0.2) is 4.79 Å². The van der Waals surface area contributed by atoms with Crippen molar-refractivity contribution < 1.29 is 14.3 Å². The van der Waals surface area contributed by atoms with Crippen LogP contribution in [-0.2, 0) is 11.2 Å². The highest BCUT2D eigenvalue weighted by Crippen LogP contribution is 2.59. The summed E-state index contributed by atoms with van der Waals surface area (Å²) in [6.45, 7) is 2.41. The van der Waals surface area contributed by atoms with E-state index >= 15 is 0 Å². The summed E-state index contributed by atoms with van der Waals surface area (Å²) in [5, 5.41) is 0. The van der Waals surface area contributed by atoms with Crippen molar-refractivity contribution in [3.05, 3.63) is 77.4 Å². The maximum Gasteiger partial charge on any atom is 0.343 e. The van der Waals surface area contributed by atoms with Crippen LogP contribution in [0.4, 0.5) is 0 Å². The molecule has 2 aromatic carbocycles. The fourth-order valence-electron chi connectivity index (χ4n) is 6.12. The van der Waals surface area contributed by atoms with Gasteiger partial charge in [0, 0.05) is 12.5 Å². The molecule has 2 aromatic rings. The number of benzene rings is 2. The number of carbonyl (C=O) groups is 1. The van der Waals surface area contributed by atoms with Crippen molar-refractivity contribution in [2.45, 2.75) is 44.6 Å². The number of rotatable bonds is 3. The fraction of sp³-hybridized carbons (Fsp3) is 0.423. The van der Waals surface area contributed by atoms with Crippen molar-refractivity contribution in [1.82, 2.24) is 0 Å². The third-order valence-electron chi connectivity index (χ3n) is 7.61. The molecule has 3 nitrogen and oxygen atoms in total. The van der Waals surface area contributed by atoms with E-state index in [0.717, 1.165) is 6.42 Å². The summed E-state index contributed by atoms with van der Waals surface area (Å²) in [4.78, 5) is 12.4. The number of ether oxygens (including phenoxy) is 2. The predicted molar refractivity (Wildman–Crippen MR) is 113 cm³/mol. The van der Waals surface area contributed by atoms with Crippen LogP contribution in [0.1, 0.15) is 53.6 Å². The molecule has 150 valence electrons. The van der Waals surface area contributed by atoms with Gasteiger partial charge in [-0.15, -0.1) is 0 Å². The van der Waals surface area contributed by atoms with Crippen LogP contribution in [0, 0.1) is 17.3 Å². The van der Waals surface area contributed by atoms with E-state index in [-0.39, 0.29) is 17.5 Å². The zero-order valence-corrected chi connectivity index (χ0v) is 17.1. The van der Waals surface area contributed by atoms with Gasteiger partial charge >= 0.3 is 5.97 Å². The topological polar surface area (TPSA) is 35.5 Å². The highest BCUT2D eigenvalue weighted by Gasteiger charge is 2.52. The van der Waals surface area contributed by atoms with E-state index in [0.29, 0.717) is 29.1 Å². The molecule has 3 aliphatic rings. The number of allylic oxidation sites excluding steroid dienone is 1. The molecule has 3 heteroatoms. The molecule has 0 saturated heterocycles. The summed E-state index contributed by atoms with van der Waals surface area (Å²) in [6, 6.07) is 15.4. The Kier molecular flexibility index (Phi) is 4.59. The minimum absolute atomic E-state index is 0.235. The average molecular weight is 389 g/mol. The average Bonchev–Trinajstić information content (AvgIpc) is 3.10. The van der Waals surface area contributed by atoms with E-state index in [1.165, 1.54) is 30.4 Å². The molecule has 29 heavy (non-hydrogen) atoms. The minimum Gasteiger partial charge on any atom is -0.423 e. The molecule has 1 saturated carbocycles. The lowest BCUT2D eigenvalue weighted by Crippen LogP contribution is -2.45. The maximum atomic E-state index is 12.4. The van der Waals surface area contributed by atoms with Gasteiger partial charge < -0.3 is 9.47 Å². The van der Waals surface area contributed by atoms with E-state index in [9.17, 15) is 4.79 Å². The molecule has 0 bridgehead atoms. The van der Waals surface area contributed by atoms with Crippen molar-refractivity contribution in [3.8, 4) is 5.75 Å². The summed E-state index contributed by atoms with van der Waals surface area (Å²) >= 11 is 0. The van der Waals surface area contributed by atoms with Crippen molar-refractivity contribution in [2.24, 2.45) is 17.3 Å². The van der Waals surface area contributed by atoms with Crippen LogP contribution in [0.5, 0.6) is 5.75 Å². The van der Waals surface area contributed by atoms with Gasteiger partial charge in [0.15, 0.2) is 0 Å². The number of carbonyl (C=O) groups excluding carboxylic acids is 1. The molecule has 0 N–H and O–H groups in total. The maximum absolute atomic E-state index is 12.4. The molecule has 0 heterocycles. The third kappa shape index (κ3) is 3.03. The van der Waals surface area contributed by atoms with Gasteiger partial charge in [0.05, 0.1) is 11.7 Å². The molecular formula is C26H28O3. The Morgan fingerprint density at radius 2 is 1.90 bits per heavy atom. The molecule has 5 atom stereocenters. The summed E-state index contributed by atoms with van der Waals surface area (Å²) in [5.41, 5.74) is 3.62. The normalized spacial score (nSPS) is 32.2. The van der Waals surface area contributed by atoms with Crippen molar-refractivity contribution in [1.29, 1.82) is 0 Å². The standard InChI is InChI=1S/C26H28O3/c1-26-15-14-21-20-11-9-19(29-25(27)17-6-4-3-5-7-17)16-18(20)8-10-22(21)23(26)12-13-24(26)28-2/h3-7,9,11-13,16,21-24H,8,10,14-15H2,1-2H3/t21?,22?,23?,24-,26-/m0/s1. The molecule has 0 spiro atoms. The third-order valence-corrected chi connectivity index (χ3v) is 7.61. The first-order valence-corrected chi connectivity index (χ1v) is 10.7. The van der Waals surface area contributed by atoms with Gasteiger partial charge in [0.1, 0.15) is 5.75 Å². The number of fused-ring (bicyclic) bond motifs is 5. The molecule has 5 rings (SSSR count). The number of hydrogen-bond donors (Lipinski definition) is 0. The predicted octanol–water partition coefficient (Wildman–Crippen LogP) is 5.55. The largest absolute Gasteiger partial charge is 0.423 e. The Morgan fingerprint density at radius 3 is 2.69 bits per heavy atom. The second-order valence-corrected chi connectivity index (χ2v) is 9.04. The SMILES string of the molecule is CO[C@H]1C=CC2C3CCc4cc(OC(=O)c5ccccc5)ccc4C3CC[C@@]21C. The first kappa shape index (κ1) is 18.6. The molecule has 0 amide bonds. The van der Waals surface area contributed by atoms with Crippen LogP contribution in [-0.4, -0.2) is 19.2 Å². The van der Waals surface area contributed by atoms with Crippen LogP contribution >= 0.6 is 0 Å². The zero-order valence-electron chi connectivity index (χ0n) is 17.1. The monoisotopic (exact) mass is 388 g/mol. The lowest BCUT2D eigenvalue weighted by atomic mass is 9.55. The highest BCUT2D eigenvalue weighted by molar-refractivity contribution is 5.91. The Labute approximate surface area is 172 Å². The van der Waals surface area contributed by atoms with Gasteiger partial charge in [0.2, 0.25) is 0 Å². The van der Waals surface area contributed by atoms with E-state index < -0.39 is 0 Å². The highest BCUT2D eigenvalue weighted by atomic mass is 16.5. The Balaban J connectivity index is 1.37. The van der Waals surface area contributed by atoms with E-state index in [4.69, 9.17) is 9.47 Å². The molecular weight excluding hydrogens is 360 g/mol. The molecule has 1 fully saturated rings. The summed E-state index contributed by atoms with van der Waals surface area (Å²) in [5.74, 6) is 2.22. The van der Waals surface area contributed by atoms with Crippen LogP contribution in [0.25, 0.3) is 0 Å². The van der Waals surface area contributed by atoms with Crippen LogP contribution in [0.3, 0.4) is 0 Å². The van der Waals surface area contributed by atoms with Crippen molar-refractivity contribution >= 4 is 5.97 Å². The van der Waals surface area contributed by atoms with Crippen molar-refractivity contribution in [2.75, 3.05) is 7.11 Å². The lowest BCUT2D eigenvalue weighted by molar-refractivity contribution is -0.0320. The van der Waals surface area contributed by atoms with E-state index in [1.54, 1.807) is 12.1 Å². The zero-order chi connectivity index (χ0) is 20.0. The Bertz CT molecular complexity index is 948. The van der Waals surface area contributed by atoms with E-state index in [1.807, 2.05) is 31.4 Å². The van der Waals surface area contributed by atoms with E-state index in [2.05, 4.69) is 31.2 Å². The number of aryl methyl sites for hydroxylation is 1. The molecule has 3 aliphatic carbocycles. The van der Waals surface area contributed by atoms with Crippen molar-refractivity contribution in [3.63, 3.8) is 0 Å². The summed E-state index contributed by atoms with van der Waals surface area (Å²) in [7, 11) is 1.84. The van der Waals surface area contributed by atoms with Crippen LogP contribution in [0.15, 0.2) is 60.7 Å². The van der Waals surface area contributed by atoms with Gasteiger partial charge in [-0.1, -0.05) is 43.3 Å². The first-order valence-electron chi connectivity index (χ1n) is 10.7. The fourth-order valence-corrected chi connectivity index (χ4v) is 6.12. The van der Waals surface area contributed by atoms with Gasteiger partial charge in [0.25, 0.3) is 0 Å². The van der Waals surface area contributed by atoms with Crippen LogP contribution in [0.2, 0.25) is 0 Å². The Morgan fingerprint density at radius 1 is 1.07 bits per heavy atom. The molecule has 0 aromatic heterocycles.